The fraction of sp³-hybridized carbons (Fsp3) is 0.333. The van der Waals surface area contributed by atoms with Crippen LogP contribution in [0.5, 0.6) is 0 Å². The lowest BCUT2D eigenvalue weighted by Gasteiger charge is -2.12. The van der Waals surface area contributed by atoms with E-state index in [0.29, 0.717) is 17.7 Å². The zero-order chi connectivity index (χ0) is 17.2. The number of primary amides is 1. The number of ether oxygens (including phenoxy) is 1. The van der Waals surface area contributed by atoms with E-state index in [0.717, 1.165) is 6.20 Å². The first-order chi connectivity index (χ1) is 10.7. The largest absolute Gasteiger partial charge is 0.442 e. The van der Waals surface area contributed by atoms with Crippen LogP contribution in [0.25, 0.3) is 11.4 Å². The Morgan fingerprint density at radius 2 is 1.96 bits per heavy atom. The maximum Gasteiger partial charge on any atom is 0.434 e. The number of aromatic nitrogens is 2. The molecular formula is C15H16F3N3O2. The van der Waals surface area contributed by atoms with Crippen molar-refractivity contribution < 1.29 is 22.7 Å². The number of hydrogen-bond donors (Lipinski definition) is 1. The first-order valence-electron chi connectivity index (χ1n) is 6.93. The second-order valence-electron chi connectivity index (χ2n) is 4.93. The molecule has 1 amide bonds. The van der Waals surface area contributed by atoms with Gasteiger partial charge in [-0.25, -0.2) is 9.78 Å². The van der Waals surface area contributed by atoms with Crippen LogP contribution in [0.1, 0.15) is 31.2 Å². The summed E-state index contributed by atoms with van der Waals surface area (Å²) >= 11 is 0. The molecule has 0 fully saturated rings. The Labute approximate surface area is 130 Å². The molecule has 0 saturated heterocycles. The van der Waals surface area contributed by atoms with Crippen molar-refractivity contribution in [2.24, 2.45) is 5.73 Å². The first-order valence-corrected chi connectivity index (χ1v) is 6.93. The Kier molecular flexibility index (Phi) is 4.63. The lowest BCUT2D eigenvalue weighted by molar-refractivity contribution is -0.140. The number of imidazole rings is 1. The van der Waals surface area contributed by atoms with Crippen molar-refractivity contribution >= 4 is 6.09 Å². The van der Waals surface area contributed by atoms with Gasteiger partial charge in [-0.3, -0.25) is 0 Å². The minimum Gasteiger partial charge on any atom is -0.442 e. The topological polar surface area (TPSA) is 70.1 Å². The number of alkyl halides is 3. The number of carbonyl (C=O) groups excluding carboxylic acids is 1. The number of rotatable bonds is 4. The van der Waals surface area contributed by atoms with Gasteiger partial charge in [0.2, 0.25) is 0 Å². The molecule has 1 atom stereocenters. The van der Waals surface area contributed by atoms with Gasteiger partial charge in [0, 0.05) is 18.3 Å². The molecule has 0 aliphatic rings. The normalized spacial score (nSPS) is 12.9. The lowest BCUT2D eigenvalue weighted by atomic mass is 10.1. The highest BCUT2D eigenvalue weighted by Gasteiger charge is 2.34. The van der Waals surface area contributed by atoms with Crippen molar-refractivity contribution in [1.82, 2.24) is 9.55 Å². The van der Waals surface area contributed by atoms with Crippen LogP contribution >= 0.6 is 0 Å². The number of benzene rings is 1. The zero-order valence-corrected chi connectivity index (χ0v) is 12.6. The van der Waals surface area contributed by atoms with E-state index in [2.05, 4.69) is 4.98 Å². The van der Waals surface area contributed by atoms with Crippen LogP contribution in [0.2, 0.25) is 0 Å². The van der Waals surface area contributed by atoms with Crippen LogP contribution in [0.15, 0.2) is 30.5 Å². The fourth-order valence-corrected chi connectivity index (χ4v) is 2.17. The Bertz CT molecular complexity index is 693. The predicted octanol–water partition coefficient (Wildman–Crippen LogP) is 3.75. The number of hydrogen-bond acceptors (Lipinski definition) is 3. The molecule has 0 aliphatic heterocycles. The molecule has 0 aliphatic carbocycles. The minimum absolute atomic E-state index is 0.231. The van der Waals surface area contributed by atoms with Gasteiger partial charge >= 0.3 is 12.3 Å². The van der Waals surface area contributed by atoms with Gasteiger partial charge < -0.3 is 15.0 Å². The lowest BCUT2D eigenvalue weighted by Crippen LogP contribution is -2.15. The molecule has 2 aromatic rings. The summed E-state index contributed by atoms with van der Waals surface area (Å²) < 4.78 is 44.6. The second-order valence-corrected chi connectivity index (χ2v) is 4.93. The van der Waals surface area contributed by atoms with Gasteiger partial charge in [-0.1, -0.05) is 24.3 Å². The number of halogens is 3. The maximum atomic E-state index is 12.8. The highest BCUT2D eigenvalue weighted by Crippen LogP contribution is 2.31. The summed E-state index contributed by atoms with van der Waals surface area (Å²) in [5.74, 6) is 0.231. The monoisotopic (exact) mass is 327 g/mol. The fourth-order valence-electron chi connectivity index (χ4n) is 2.17. The first kappa shape index (κ1) is 16.9. The Morgan fingerprint density at radius 3 is 2.43 bits per heavy atom. The molecular weight excluding hydrogens is 311 g/mol. The highest BCUT2D eigenvalue weighted by molar-refractivity contribution is 5.65. The van der Waals surface area contributed by atoms with Gasteiger partial charge in [-0.2, -0.15) is 13.2 Å². The second kappa shape index (κ2) is 6.31. The van der Waals surface area contributed by atoms with E-state index in [-0.39, 0.29) is 5.82 Å². The van der Waals surface area contributed by atoms with Gasteiger partial charge in [-0.15, -0.1) is 0 Å². The van der Waals surface area contributed by atoms with Gasteiger partial charge in [-0.05, 0) is 19.4 Å². The number of nitrogens with zero attached hydrogens (tertiary/aromatic N) is 2. The third-order valence-electron chi connectivity index (χ3n) is 3.34. The van der Waals surface area contributed by atoms with Gasteiger partial charge in [0.05, 0.1) is 0 Å². The molecule has 1 aromatic heterocycles. The molecule has 2 N–H and O–H groups in total. The zero-order valence-electron chi connectivity index (χ0n) is 12.6. The van der Waals surface area contributed by atoms with Crippen molar-refractivity contribution in [3.05, 3.63) is 41.7 Å². The summed E-state index contributed by atoms with van der Waals surface area (Å²) in [7, 11) is 0. The van der Waals surface area contributed by atoms with Gasteiger partial charge in [0.1, 0.15) is 11.9 Å². The standard InChI is InChI=1S/C15H16F3N3O2/c1-3-21-8-12(15(16,17)18)20-13(21)11-6-4-10(5-7-11)9(2)23-14(19)22/h4-9H,3H2,1-2H3,(H2,19,22). The van der Waals surface area contributed by atoms with Crippen LogP contribution in [0.4, 0.5) is 18.0 Å². The van der Waals surface area contributed by atoms with E-state index in [1.54, 1.807) is 38.1 Å². The molecule has 1 unspecified atom stereocenters. The summed E-state index contributed by atoms with van der Waals surface area (Å²) in [5, 5.41) is 0. The highest BCUT2D eigenvalue weighted by atomic mass is 19.4. The van der Waals surface area contributed by atoms with Crippen LogP contribution in [-0.4, -0.2) is 15.6 Å². The van der Waals surface area contributed by atoms with E-state index in [9.17, 15) is 18.0 Å². The molecule has 0 spiro atoms. The molecule has 0 saturated carbocycles. The molecule has 0 radical (unpaired) electrons. The summed E-state index contributed by atoms with van der Waals surface area (Å²) in [4.78, 5) is 14.4. The molecule has 5 nitrogen and oxygen atoms in total. The third-order valence-corrected chi connectivity index (χ3v) is 3.34. The Hall–Kier alpha value is -2.51. The Balaban J connectivity index is 2.32. The molecule has 0 bridgehead atoms. The number of nitrogens with two attached hydrogens (primary N) is 1. The number of carbonyl (C=O) groups is 1. The quantitative estimate of drug-likeness (QED) is 0.930. The number of amides is 1. The summed E-state index contributed by atoms with van der Waals surface area (Å²) in [5.41, 5.74) is 5.24. The summed E-state index contributed by atoms with van der Waals surface area (Å²) in [6.07, 6.45) is -4.93. The molecule has 1 aromatic carbocycles. The van der Waals surface area contributed by atoms with E-state index >= 15 is 0 Å². The van der Waals surface area contributed by atoms with Crippen molar-refractivity contribution in [3.63, 3.8) is 0 Å². The SMILES string of the molecule is CCn1cc(C(F)(F)F)nc1-c1ccc(C(C)OC(N)=O)cc1. The van der Waals surface area contributed by atoms with Crippen molar-refractivity contribution in [2.45, 2.75) is 32.7 Å². The molecule has 23 heavy (non-hydrogen) atoms. The van der Waals surface area contributed by atoms with Crippen molar-refractivity contribution in [2.75, 3.05) is 0 Å². The number of aryl methyl sites for hydroxylation is 1. The van der Waals surface area contributed by atoms with E-state index in [1.165, 1.54) is 4.57 Å². The van der Waals surface area contributed by atoms with Crippen LogP contribution in [0, 0.1) is 0 Å². The third kappa shape index (κ3) is 3.82. The van der Waals surface area contributed by atoms with E-state index in [1.807, 2.05) is 0 Å². The van der Waals surface area contributed by atoms with E-state index in [4.69, 9.17) is 10.5 Å². The average molecular weight is 327 g/mol. The molecule has 8 heteroatoms. The Morgan fingerprint density at radius 1 is 1.35 bits per heavy atom. The maximum absolute atomic E-state index is 12.8. The predicted molar refractivity (Wildman–Crippen MR) is 77.4 cm³/mol. The van der Waals surface area contributed by atoms with Crippen molar-refractivity contribution in [1.29, 1.82) is 0 Å². The molecule has 1 heterocycles. The molecule has 2 rings (SSSR count). The van der Waals surface area contributed by atoms with Crippen LogP contribution in [0.3, 0.4) is 0 Å². The van der Waals surface area contributed by atoms with E-state index < -0.39 is 24.1 Å². The van der Waals surface area contributed by atoms with Gasteiger partial charge in [0.25, 0.3) is 0 Å². The average Bonchev–Trinajstić information content (AvgIpc) is 2.91. The van der Waals surface area contributed by atoms with Crippen molar-refractivity contribution in [3.8, 4) is 11.4 Å². The summed E-state index contributed by atoms with van der Waals surface area (Å²) in [6, 6.07) is 6.57. The minimum atomic E-state index is -4.49. The van der Waals surface area contributed by atoms with Crippen LogP contribution < -0.4 is 5.73 Å². The van der Waals surface area contributed by atoms with Gasteiger partial charge in [0.15, 0.2) is 5.69 Å². The molecule has 124 valence electrons. The summed E-state index contributed by atoms with van der Waals surface area (Å²) in [6.45, 7) is 3.75. The van der Waals surface area contributed by atoms with Crippen LogP contribution in [-0.2, 0) is 17.5 Å². The smallest absolute Gasteiger partial charge is 0.434 e.